The van der Waals surface area contributed by atoms with Crippen LogP contribution in [0.5, 0.6) is 0 Å². The lowest BCUT2D eigenvalue weighted by molar-refractivity contribution is 0.0268. The number of rotatable bonds is 5. The lowest BCUT2D eigenvalue weighted by Gasteiger charge is -2.26. The average molecular weight is 266 g/mol. The summed E-state index contributed by atoms with van der Waals surface area (Å²) < 4.78 is 24.7. The van der Waals surface area contributed by atoms with Gasteiger partial charge in [0.05, 0.1) is 6.10 Å². The lowest BCUT2D eigenvalue weighted by atomic mass is 9.98. The predicted octanol–water partition coefficient (Wildman–Crippen LogP) is 2.75. The summed E-state index contributed by atoms with van der Waals surface area (Å²) in [7, 11) is 1.62. The monoisotopic (exact) mass is 266 g/mol. The number of furan rings is 1. The zero-order chi connectivity index (χ0) is 14.0. The molecule has 2 unspecified atom stereocenters. The molecule has 0 aliphatic heterocycles. The molecule has 0 fully saturated rings. The molecule has 1 heterocycles. The van der Waals surface area contributed by atoms with Crippen LogP contribution in [0.2, 0.25) is 0 Å². The minimum Gasteiger partial charge on any atom is -0.456 e. The summed E-state index contributed by atoms with van der Waals surface area (Å²) in [6, 6.07) is 6.29. The molecule has 3 N–H and O–H groups in total. The second kappa shape index (κ2) is 5.69. The fraction of sp³-hybridized carbons (Fsp3) is 0.429. The largest absolute Gasteiger partial charge is 0.456 e. The molecule has 0 saturated heterocycles. The number of hydrogen-bond acceptors (Lipinski definition) is 4. The molecule has 5 heteroatoms. The van der Waals surface area contributed by atoms with Gasteiger partial charge in [0.25, 0.3) is 0 Å². The number of nitrogens with two attached hydrogens (primary N) is 1. The van der Waals surface area contributed by atoms with Gasteiger partial charge in [0.1, 0.15) is 11.8 Å². The quantitative estimate of drug-likeness (QED) is 0.645. The smallest absolute Gasteiger partial charge is 0.169 e. The van der Waals surface area contributed by atoms with Gasteiger partial charge in [0.15, 0.2) is 11.4 Å². The van der Waals surface area contributed by atoms with E-state index in [4.69, 9.17) is 15.0 Å². The van der Waals surface area contributed by atoms with Crippen molar-refractivity contribution >= 4 is 11.0 Å². The second-order valence-electron chi connectivity index (χ2n) is 4.90. The van der Waals surface area contributed by atoms with Crippen LogP contribution in [0, 0.1) is 11.7 Å². The Balaban J connectivity index is 2.43. The zero-order valence-electron chi connectivity index (χ0n) is 11.3. The minimum absolute atomic E-state index is 0.159. The third kappa shape index (κ3) is 2.63. The Hall–Kier alpha value is -1.43. The molecule has 1 aromatic heterocycles. The van der Waals surface area contributed by atoms with Crippen molar-refractivity contribution in [2.45, 2.75) is 26.0 Å². The maximum atomic E-state index is 13.6. The van der Waals surface area contributed by atoms with E-state index >= 15 is 0 Å². The number of methoxy groups -OCH3 is 1. The van der Waals surface area contributed by atoms with E-state index in [9.17, 15) is 4.39 Å². The topological polar surface area (TPSA) is 60.4 Å². The van der Waals surface area contributed by atoms with Crippen molar-refractivity contribution in [3.05, 3.63) is 35.8 Å². The first kappa shape index (κ1) is 14.0. The first-order valence-electron chi connectivity index (χ1n) is 6.25. The number of nitrogens with one attached hydrogen (secondary N) is 1. The van der Waals surface area contributed by atoms with E-state index in [1.165, 1.54) is 6.07 Å². The van der Waals surface area contributed by atoms with Crippen LogP contribution >= 0.6 is 0 Å². The van der Waals surface area contributed by atoms with E-state index in [2.05, 4.69) is 5.43 Å². The van der Waals surface area contributed by atoms with Gasteiger partial charge in [-0.3, -0.25) is 5.84 Å². The van der Waals surface area contributed by atoms with Gasteiger partial charge >= 0.3 is 0 Å². The third-order valence-electron chi connectivity index (χ3n) is 3.26. The molecule has 0 amide bonds. The van der Waals surface area contributed by atoms with Crippen molar-refractivity contribution < 1.29 is 13.5 Å². The Morgan fingerprint density at radius 2 is 2.11 bits per heavy atom. The lowest BCUT2D eigenvalue weighted by Crippen LogP contribution is -2.40. The predicted molar refractivity (Wildman–Crippen MR) is 71.9 cm³/mol. The van der Waals surface area contributed by atoms with Gasteiger partial charge in [0.2, 0.25) is 0 Å². The molecule has 0 spiro atoms. The summed E-state index contributed by atoms with van der Waals surface area (Å²) in [5.74, 6) is 6.03. The molecule has 1 aromatic carbocycles. The number of fused-ring (bicyclic) bond motifs is 1. The molecule has 2 aromatic rings. The van der Waals surface area contributed by atoms with Crippen LogP contribution in [-0.2, 0) is 4.74 Å². The summed E-state index contributed by atoms with van der Waals surface area (Å²) in [6.07, 6.45) is -0.159. The molecule has 0 saturated carbocycles. The van der Waals surface area contributed by atoms with Crippen molar-refractivity contribution in [3.63, 3.8) is 0 Å². The van der Waals surface area contributed by atoms with E-state index in [1.54, 1.807) is 25.3 Å². The van der Waals surface area contributed by atoms with Crippen LogP contribution in [0.1, 0.15) is 25.6 Å². The molecular weight excluding hydrogens is 247 g/mol. The summed E-state index contributed by atoms with van der Waals surface area (Å²) in [5, 5.41) is 0.717. The summed E-state index contributed by atoms with van der Waals surface area (Å²) in [4.78, 5) is 0. The van der Waals surface area contributed by atoms with Gasteiger partial charge in [-0.25, -0.2) is 9.82 Å². The number of hydrazine groups is 1. The minimum atomic E-state index is -0.377. The molecular formula is C14H19FN2O2. The summed E-state index contributed by atoms with van der Waals surface area (Å²) in [5.41, 5.74) is 2.94. The molecule has 104 valence electrons. The van der Waals surface area contributed by atoms with Gasteiger partial charge in [-0.2, -0.15) is 0 Å². The van der Waals surface area contributed by atoms with E-state index < -0.39 is 0 Å². The third-order valence-corrected chi connectivity index (χ3v) is 3.26. The van der Waals surface area contributed by atoms with Crippen molar-refractivity contribution in [1.29, 1.82) is 0 Å². The summed E-state index contributed by atoms with van der Waals surface area (Å²) >= 11 is 0. The normalized spacial score (nSPS) is 15.1. The van der Waals surface area contributed by atoms with Crippen molar-refractivity contribution in [1.82, 2.24) is 5.43 Å². The van der Waals surface area contributed by atoms with Gasteiger partial charge < -0.3 is 9.15 Å². The van der Waals surface area contributed by atoms with Gasteiger partial charge in [-0.15, -0.1) is 0 Å². The molecule has 0 bridgehead atoms. The van der Waals surface area contributed by atoms with E-state index in [0.29, 0.717) is 11.1 Å². The first-order valence-corrected chi connectivity index (χ1v) is 6.25. The molecule has 2 rings (SSSR count). The van der Waals surface area contributed by atoms with Crippen molar-refractivity contribution in [2.75, 3.05) is 7.11 Å². The second-order valence-corrected chi connectivity index (χ2v) is 4.90. The van der Waals surface area contributed by atoms with Crippen LogP contribution in [0.4, 0.5) is 4.39 Å². The maximum absolute atomic E-state index is 13.6. The van der Waals surface area contributed by atoms with Crippen molar-refractivity contribution in [2.24, 2.45) is 11.8 Å². The molecule has 0 aliphatic carbocycles. The van der Waals surface area contributed by atoms with Crippen LogP contribution in [0.15, 0.2) is 28.7 Å². The SMILES string of the molecule is COC(C(C)C)C(NN)c1cc2cccc(F)c2o1. The standard InChI is InChI=1S/C14H19FN2O2/c1-8(2)13(18-3)12(17-16)11-7-9-5-4-6-10(15)14(9)19-11/h4-8,12-13,17H,16H2,1-3H3. The molecule has 2 atom stereocenters. The van der Waals surface area contributed by atoms with Crippen LogP contribution in [0.3, 0.4) is 0 Å². The fourth-order valence-corrected chi connectivity index (χ4v) is 2.33. The Kier molecular flexibility index (Phi) is 4.19. The molecule has 19 heavy (non-hydrogen) atoms. The highest BCUT2D eigenvalue weighted by molar-refractivity contribution is 5.78. The number of para-hydroxylation sites is 1. The van der Waals surface area contributed by atoms with Crippen LogP contribution in [-0.4, -0.2) is 13.2 Å². The number of halogens is 1. The molecule has 4 nitrogen and oxygen atoms in total. The van der Waals surface area contributed by atoms with E-state index in [0.717, 1.165) is 0 Å². The highest BCUT2D eigenvalue weighted by atomic mass is 19.1. The first-order chi connectivity index (χ1) is 9.08. The Labute approximate surface area is 111 Å². The number of benzene rings is 1. The molecule has 0 radical (unpaired) electrons. The van der Waals surface area contributed by atoms with Gasteiger partial charge in [0, 0.05) is 12.5 Å². The summed E-state index contributed by atoms with van der Waals surface area (Å²) in [6.45, 7) is 4.06. The van der Waals surface area contributed by atoms with Crippen LogP contribution < -0.4 is 11.3 Å². The Morgan fingerprint density at radius 1 is 1.37 bits per heavy atom. The molecule has 0 aliphatic rings. The van der Waals surface area contributed by atoms with E-state index in [1.807, 2.05) is 13.8 Å². The highest BCUT2D eigenvalue weighted by Crippen LogP contribution is 2.30. The fourth-order valence-electron chi connectivity index (χ4n) is 2.33. The average Bonchev–Trinajstić information content (AvgIpc) is 2.80. The van der Waals surface area contributed by atoms with Crippen molar-refractivity contribution in [3.8, 4) is 0 Å². The Bertz CT molecular complexity index is 553. The Morgan fingerprint density at radius 3 is 2.63 bits per heavy atom. The van der Waals surface area contributed by atoms with Gasteiger partial charge in [-0.05, 0) is 18.1 Å². The zero-order valence-corrected chi connectivity index (χ0v) is 11.3. The van der Waals surface area contributed by atoms with Crippen LogP contribution in [0.25, 0.3) is 11.0 Å². The van der Waals surface area contributed by atoms with E-state index in [-0.39, 0.29) is 29.5 Å². The number of hydrogen-bond donors (Lipinski definition) is 2. The van der Waals surface area contributed by atoms with Gasteiger partial charge in [-0.1, -0.05) is 26.0 Å². The maximum Gasteiger partial charge on any atom is 0.169 e. The number of ether oxygens (including phenoxy) is 1. The highest BCUT2D eigenvalue weighted by Gasteiger charge is 2.28.